The quantitative estimate of drug-likeness (QED) is 0.666. The highest BCUT2D eigenvalue weighted by Crippen LogP contribution is 2.44. The topological polar surface area (TPSA) is 95.9 Å². The maximum absolute atomic E-state index is 13.2. The lowest BCUT2D eigenvalue weighted by molar-refractivity contribution is -0.153. The zero-order valence-corrected chi connectivity index (χ0v) is 19.9. The van der Waals surface area contributed by atoms with Crippen molar-refractivity contribution >= 4 is 18.0 Å². The van der Waals surface area contributed by atoms with Crippen LogP contribution in [0.5, 0.6) is 0 Å². The number of carbonyl (C=O) groups excluding carboxylic acids is 2. The van der Waals surface area contributed by atoms with E-state index in [-0.39, 0.29) is 24.3 Å². The average molecular weight is 465 g/mol. The molecule has 0 saturated carbocycles. The molecule has 2 N–H and O–H groups in total. The first-order valence-corrected chi connectivity index (χ1v) is 11.8. The van der Waals surface area contributed by atoms with E-state index in [1.165, 1.54) is 0 Å². The third kappa shape index (κ3) is 4.52. The smallest absolute Gasteiger partial charge is 0.407 e. The van der Waals surface area contributed by atoms with E-state index in [1.807, 2.05) is 38.1 Å². The van der Waals surface area contributed by atoms with Crippen LogP contribution in [-0.4, -0.2) is 53.7 Å². The first kappa shape index (κ1) is 23.8. The van der Waals surface area contributed by atoms with Crippen molar-refractivity contribution in [3.05, 3.63) is 59.7 Å². The Balaban J connectivity index is 1.39. The molecule has 0 radical (unpaired) electrons. The van der Waals surface area contributed by atoms with Crippen LogP contribution < -0.4 is 5.32 Å². The van der Waals surface area contributed by atoms with Crippen molar-refractivity contribution in [1.82, 2.24) is 10.2 Å². The highest BCUT2D eigenvalue weighted by atomic mass is 16.5. The molecule has 0 aromatic heterocycles. The standard InChI is InChI=1S/C27H32N2O5/c1-17(2)23(24(30)29-14-12-27(3,13-15-29)25(31)32)28-26(33)34-16-22-20-10-6-4-8-18(20)19-9-5-7-11-21(19)22/h4-11,17,22-23H,12-16H2,1-3H3,(H,28,33)(H,31,32)/t23-/m0/s1. The first-order chi connectivity index (χ1) is 16.2. The molecule has 2 aromatic rings. The molecule has 7 heteroatoms. The van der Waals surface area contributed by atoms with Gasteiger partial charge in [0.2, 0.25) is 5.91 Å². The van der Waals surface area contributed by atoms with E-state index in [0.717, 1.165) is 22.3 Å². The van der Waals surface area contributed by atoms with Gasteiger partial charge in [0, 0.05) is 19.0 Å². The van der Waals surface area contributed by atoms with Gasteiger partial charge in [-0.2, -0.15) is 0 Å². The Morgan fingerprint density at radius 3 is 2.06 bits per heavy atom. The molecule has 1 heterocycles. The number of alkyl carbamates (subject to hydrolysis) is 1. The molecule has 0 bridgehead atoms. The minimum Gasteiger partial charge on any atom is -0.481 e. The van der Waals surface area contributed by atoms with Crippen LogP contribution >= 0.6 is 0 Å². The molecule has 1 aliphatic carbocycles. The monoisotopic (exact) mass is 464 g/mol. The van der Waals surface area contributed by atoms with E-state index < -0.39 is 23.5 Å². The number of rotatable bonds is 6. The normalized spacial score (nSPS) is 17.6. The Bertz CT molecular complexity index is 1040. The van der Waals surface area contributed by atoms with Crippen molar-refractivity contribution < 1.29 is 24.2 Å². The van der Waals surface area contributed by atoms with E-state index in [2.05, 4.69) is 29.6 Å². The van der Waals surface area contributed by atoms with Crippen molar-refractivity contribution in [3.8, 4) is 11.1 Å². The third-order valence-electron chi connectivity index (χ3n) is 7.24. The summed E-state index contributed by atoms with van der Waals surface area (Å²) < 4.78 is 5.62. The van der Waals surface area contributed by atoms with E-state index in [1.54, 1.807) is 11.8 Å². The van der Waals surface area contributed by atoms with Crippen LogP contribution in [-0.2, 0) is 14.3 Å². The number of carbonyl (C=O) groups is 3. The van der Waals surface area contributed by atoms with Crippen LogP contribution in [0.3, 0.4) is 0 Å². The molecule has 1 aliphatic heterocycles. The summed E-state index contributed by atoms with van der Waals surface area (Å²) in [7, 11) is 0. The minimum absolute atomic E-state index is 0.0536. The summed E-state index contributed by atoms with van der Waals surface area (Å²) in [5.74, 6) is -1.23. The summed E-state index contributed by atoms with van der Waals surface area (Å²) in [6, 6.07) is 15.5. The first-order valence-electron chi connectivity index (χ1n) is 11.8. The fourth-order valence-electron chi connectivity index (χ4n) is 4.91. The second kappa shape index (κ2) is 9.49. The molecule has 2 amide bonds. The fraction of sp³-hybridized carbons (Fsp3) is 0.444. The number of hydrogen-bond acceptors (Lipinski definition) is 4. The molecule has 2 aromatic carbocycles. The molecular formula is C27H32N2O5. The zero-order valence-electron chi connectivity index (χ0n) is 19.9. The van der Waals surface area contributed by atoms with Gasteiger partial charge >= 0.3 is 12.1 Å². The molecule has 180 valence electrons. The van der Waals surface area contributed by atoms with Crippen molar-refractivity contribution in [3.63, 3.8) is 0 Å². The van der Waals surface area contributed by atoms with Gasteiger partial charge in [0.25, 0.3) is 0 Å². The SMILES string of the molecule is CC(C)[C@H](NC(=O)OCC1c2ccccc2-c2ccccc21)C(=O)N1CCC(C)(C(=O)O)CC1. The lowest BCUT2D eigenvalue weighted by atomic mass is 9.80. The summed E-state index contributed by atoms with van der Waals surface area (Å²) in [6.07, 6.45) is 0.162. The number of hydrogen-bond donors (Lipinski definition) is 2. The van der Waals surface area contributed by atoms with Crippen LogP contribution in [0.25, 0.3) is 11.1 Å². The minimum atomic E-state index is -0.836. The van der Waals surface area contributed by atoms with Crippen LogP contribution in [0.1, 0.15) is 50.7 Å². The Kier molecular flexibility index (Phi) is 6.64. The van der Waals surface area contributed by atoms with Gasteiger partial charge in [0.1, 0.15) is 12.6 Å². The largest absolute Gasteiger partial charge is 0.481 e. The van der Waals surface area contributed by atoms with Crippen LogP contribution in [0.15, 0.2) is 48.5 Å². The molecule has 1 fully saturated rings. The summed E-state index contributed by atoms with van der Waals surface area (Å²) in [5.41, 5.74) is 3.75. The Morgan fingerprint density at radius 1 is 1.03 bits per heavy atom. The number of aliphatic carboxylic acids is 1. The summed E-state index contributed by atoms with van der Waals surface area (Å²) in [5, 5.41) is 12.2. The lowest BCUT2D eigenvalue weighted by Gasteiger charge is -2.38. The Hall–Kier alpha value is -3.35. The summed E-state index contributed by atoms with van der Waals surface area (Å²) in [4.78, 5) is 39.0. The van der Waals surface area contributed by atoms with Gasteiger partial charge in [-0.05, 0) is 47.9 Å². The third-order valence-corrected chi connectivity index (χ3v) is 7.24. The van der Waals surface area contributed by atoms with E-state index >= 15 is 0 Å². The maximum atomic E-state index is 13.2. The van der Waals surface area contributed by atoms with E-state index in [4.69, 9.17) is 4.74 Å². The Morgan fingerprint density at radius 2 is 1.56 bits per heavy atom. The zero-order chi connectivity index (χ0) is 24.5. The summed E-state index contributed by atoms with van der Waals surface area (Å²) >= 11 is 0. The highest BCUT2D eigenvalue weighted by molar-refractivity contribution is 5.86. The highest BCUT2D eigenvalue weighted by Gasteiger charge is 2.40. The molecule has 34 heavy (non-hydrogen) atoms. The molecule has 2 aliphatic rings. The molecule has 1 atom stereocenters. The van der Waals surface area contributed by atoms with Crippen LogP contribution in [0.2, 0.25) is 0 Å². The predicted molar refractivity (Wildman–Crippen MR) is 128 cm³/mol. The van der Waals surface area contributed by atoms with Gasteiger partial charge < -0.3 is 20.1 Å². The van der Waals surface area contributed by atoms with Crippen molar-refractivity contribution in [2.75, 3.05) is 19.7 Å². The molecule has 0 unspecified atom stereocenters. The number of nitrogens with zero attached hydrogens (tertiary/aromatic N) is 1. The summed E-state index contributed by atoms with van der Waals surface area (Å²) in [6.45, 7) is 6.36. The number of ether oxygens (including phenoxy) is 1. The molecule has 0 spiro atoms. The van der Waals surface area contributed by atoms with Crippen molar-refractivity contribution in [1.29, 1.82) is 0 Å². The van der Waals surface area contributed by atoms with E-state index in [9.17, 15) is 19.5 Å². The number of benzene rings is 2. The van der Waals surface area contributed by atoms with Gasteiger partial charge in [0.15, 0.2) is 0 Å². The van der Waals surface area contributed by atoms with Gasteiger partial charge in [-0.3, -0.25) is 9.59 Å². The number of carboxylic acids is 1. The second-order valence-electron chi connectivity index (χ2n) is 9.88. The molecule has 1 saturated heterocycles. The van der Waals surface area contributed by atoms with Crippen LogP contribution in [0.4, 0.5) is 4.79 Å². The van der Waals surface area contributed by atoms with E-state index in [0.29, 0.717) is 25.9 Å². The number of piperidine rings is 1. The number of likely N-dealkylation sites (tertiary alicyclic amines) is 1. The Labute approximate surface area is 200 Å². The number of carboxylic acid groups (broad SMARTS) is 1. The van der Waals surface area contributed by atoms with Gasteiger partial charge in [-0.15, -0.1) is 0 Å². The second-order valence-corrected chi connectivity index (χ2v) is 9.88. The lowest BCUT2D eigenvalue weighted by Crippen LogP contribution is -2.54. The van der Waals surface area contributed by atoms with Crippen molar-refractivity contribution in [2.24, 2.45) is 11.3 Å². The number of amides is 2. The predicted octanol–water partition coefficient (Wildman–Crippen LogP) is 4.26. The van der Waals surface area contributed by atoms with Crippen LogP contribution in [0, 0.1) is 11.3 Å². The number of nitrogens with one attached hydrogen (secondary N) is 1. The van der Waals surface area contributed by atoms with Gasteiger partial charge in [0.05, 0.1) is 5.41 Å². The van der Waals surface area contributed by atoms with Gasteiger partial charge in [-0.1, -0.05) is 62.4 Å². The van der Waals surface area contributed by atoms with Crippen molar-refractivity contribution in [2.45, 2.75) is 45.6 Å². The molecule has 7 nitrogen and oxygen atoms in total. The fourth-order valence-corrected chi connectivity index (χ4v) is 4.91. The molecular weight excluding hydrogens is 432 g/mol. The number of fused-ring (bicyclic) bond motifs is 3. The maximum Gasteiger partial charge on any atom is 0.407 e. The van der Waals surface area contributed by atoms with Gasteiger partial charge in [-0.25, -0.2) is 4.79 Å². The average Bonchev–Trinajstić information content (AvgIpc) is 3.15. The molecule has 4 rings (SSSR count).